The molecule has 0 aliphatic rings. The Morgan fingerprint density at radius 1 is 1.26 bits per heavy atom. The number of carbonyl (C=O) groups excluding carboxylic acids is 1. The van der Waals surface area contributed by atoms with E-state index in [-0.39, 0.29) is 17.7 Å². The molecule has 0 bridgehead atoms. The maximum Gasteiger partial charge on any atom is 0.223 e. The van der Waals surface area contributed by atoms with Crippen LogP contribution in [0.15, 0.2) is 28.7 Å². The monoisotopic (exact) mass is 327 g/mol. The van der Waals surface area contributed by atoms with E-state index in [1.54, 1.807) is 0 Å². The summed E-state index contributed by atoms with van der Waals surface area (Å²) in [6.45, 7) is 6.09. The predicted octanol–water partition coefficient (Wildman–Crippen LogP) is 2.76. The highest BCUT2D eigenvalue weighted by molar-refractivity contribution is 9.10. The second kappa shape index (κ2) is 7.65. The second-order valence-electron chi connectivity index (χ2n) is 5.29. The quantitative estimate of drug-likeness (QED) is 0.844. The Balaban J connectivity index is 2.42. The molecule has 19 heavy (non-hydrogen) atoms. The number of nitrogens with one attached hydrogen (secondary N) is 1. The molecule has 0 saturated heterocycles. The maximum absolute atomic E-state index is 11.9. The average molecular weight is 328 g/mol. The smallest absolute Gasteiger partial charge is 0.223 e. The van der Waals surface area contributed by atoms with E-state index in [0.29, 0.717) is 13.0 Å². The summed E-state index contributed by atoms with van der Waals surface area (Å²) in [7, 11) is 0. The number of aliphatic hydroxyl groups is 1. The highest BCUT2D eigenvalue weighted by Crippen LogP contribution is 2.14. The number of halogens is 1. The van der Waals surface area contributed by atoms with Crippen molar-refractivity contribution in [3.05, 3.63) is 34.3 Å². The number of amides is 1. The number of hydrogen-bond acceptors (Lipinski definition) is 2. The van der Waals surface area contributed by atoms with E-state index < -0.39 is 6.10 Å². The van der Waals surface area contributed by atoms with Crippen molar-refractivity contribution in [2.24, 2.45) is 11.8 Å². The second-order valence-corrected chi connectivity index (χ2v) is 6.20. The van der Waals surface area contributed by atoms with Gasteiger partial charge in [0.05, 0.1) is 6.10 Å². The Bertz CT molecular complexity index is 403. The van der Waals surface area contributed by atoms with Crippen LogP contribution < -0.4 is 5.32 Å². The van der Waals surface area contributed by atoms with Crippen LogP contribution in [0.5, 0.6) is 0 Å². The lowest BCUT2D eigenvalue weighted by molar-refractivity contribution is -0.125. The van der Waals surface area contributed by atoms with Crippen LogP contribution >= 0.6 is 15.9 Å². The van der Waals surface area contributed by atoms with Crippen molar-refractivity contribution in [2.75, 3.05) is 6.54 Å². The highest BCUT2D eigenvalue weighted by atomic mass is 79.9. The average Bonchev–Trinajstić information content (AvgIpc) is 2.37. The number of carbonyl (C=O) groups is 1. The van der Waals surface area contributed by atoms with Gasteiger partial charge >= 0.3 is 0 Å². The van der Waals surface area contributed by atoms with Crippen LogP contribution in [0.25, 0.3) is 0 Å². The summed E-state index contributed by atoms with van der Waals surface area (Å²) in [5.74, 6) is 0.0465. The first-order chi connectivity index (χ1) is 8.90. The van der Waals surface area contributed by atoms with E-state index in [1.165, 1.54) is 0 Å². The predicted molar refractivity (Wildman–Crippen MR) is 80.9 cm³/mol. The van der Waals surface area contributed by atoms with Gasteiger partial charge < -0.3 is 10.4 Å². The molecule has 1 rings (SSSR count). The fourth-order valence-corrected chi connectivity index (χ4v) is 1.95. The Morgan fingerprint density at radius 2 is 1.84 bits per heavy atom. The lowest BCUT2D eigenvalue weighted by atomic mass is 10.00. The molecule has 0 aliphatic heterocycles. The van der Waals surface area contributed by atoms with Gasteiger partial charge in [-0.25, -0.2) is 0 Å². The van der Waals surface area contributed by atoms with E-state index in [2.05, 4.69) is 21.2 Å². The van der Waals surface area contributed by atoms with E-state index in [9.17, 15) is 9.90 Å². The molecule has 2 N–H and O–H groups in total. The Labute approximate surface area is 123 Å². The lowest BCUT2D eigenvalue weighted by Gasteiger charge is -2.17. The van der Waals surface area contributed by atoms with Gasteiger partial charge in [0.2, 0.25) is 5.91 Å². The van der Waals surface area contributed by atoms with E-state index in [0.717, 1.165) is 10.0 Å². The Morgan fingerprint density at radius 3 is 2.37 bits per heavy atom. The summed E-state index contributed by atoms with van der Waals surface area (Å²) in [6.07, 6.45) is 0.223. The molecule has 0 spiro atoms. The van der Waals surface area contributed by atoms with Crippen LogP contribution in [-0.4, -0.2) is 23.7 Å². The van der Waals surface area contributed by atoms with Crippen LogP contribution in [0.1, 0.15) is 26.3 Å². The minimum absolute atomic E-state index is 0.0115. The van der Waals surface area contributed by atoms with Crippen LogP contribution in [0.4, 0.5) is 0 Å². The number of rotatable bonds is 6. The van der Waals surface area contributed by atoms with Crippen molar-refractivity contribution in [2.45, 2.75) is 33.3 Å². The van der Waals surface area contributed by atoms with Gasteiger partial charge in [0.1, 0.15) is 0 Å². The standard InChI is InChI=1S/C15H22BrNO2/c1-10(2)14(18)9-17-15(19)11(3)8-12-4-6-13(16)7-5-12/h4-7,10-11,14,18H,8-9H2,1-3H3,(H,17,19). The van der Waals surface area contributed by atoms with Crippen molar-refractivity contribution in [3.8, 4) is 0 Å². The zero-order valence-corrected chi connectivity index (χ0v) is 13.3. The highest BCUT2D eigenvalue weighted by Gasteiger charge is 2.16. The van der Waals surface area contributed by atoms with Gasteiger partial charge in [0.25, 0.3) is 0 Å². The topological polar surface area (TPSA) is 49.3 Å². The van der Waals surface area contributed by atoms with Crippen LogP contribution in [-0.2, 0) is 11.2 Å². The first kappa shape index (κ1) is 16.2. The molecule has 106 valence electrons. The van der Waals surface area contributed by atoms with Gasteiger partial charge in [-0.1, -0.05) is 48.8 Å². The molecule has 0 heterocycles. The number of hydrogen-bond donors (Lipinski definition) is 2. The van der Waals surface area contributed by atoms with Crippen LogP contribution in [0.2, 0.25) is 0 Å². The number of benzene rings is 1. The summed E-state index contributed by atoms with van der Waals surface area (Å²) < 4.78 is 1.04. The molecule has 0 saturated carbocycles. The first-order valence-corrected chi connectivity index (χ1v) is 7.39. The molecule has 2 unspecified atom stereocenters. The molecule has 1 amide bonds. The lowest BCUT2D eigenvalue weighted by Crippen LogP contribution is -2.38. The molecule has 3 nitrogen and oxygen atoms in total. The molecule has 0 aromatic heterocycles. The molecule has 0 aliphatic carbocycles. The maximum atomic E-state index is 11.9. The van der Waals surface area contributed by atoms with Crippen molar-refractivity contribution in [1.82, 2.24) is 5.32 Å². The van der Waals surface area contributed by atoms with Crippen molar-refractivity contribution in [1.29, 1.82) is 0 Å². The largest absolute Gasteiger partial charge is 0.391 e. The summed E-state index contributed by atoms with van der Waals surface area (Å²) in [5.41, 5.74) is 1.13. The van der Waals surface area contributed by atoms with E-state index >= 15 is 0 Å². The summed E-state index contributed by atoms with van der Waals surface area (Å²) in [5, 5.41) is 12.5. The number of aliphatic hydroxyl groups excluding tert-OH is 1. The van der Waals surface area contributed by atoms with Crippen molar-refractivity contribution in [3.63, 3.8) is 0 Å². The van der Waals surface area contributed by atoms with E-state index in [4.69, 9.17) is 0 Å². The fraction of sp³-hybridized carbons (Fsp3) is 0.533. The minimum Gasteiger partial charge on any atom is -0.391 e. The summed E-state index contributed by atoms with van der Waals surface area (Å²) >= 11 is 3.39. The molecule has 1 aromatic carbocycles. The zero-order valence-electron chi connectivity index (χ0n) is 11.7. The van der Waals surface area contributed by atoms with Crippen LogP contribution in [0.3, 0.4) is 0 Å². The van der Waals surface area contributed by atoms with Crippen molar-refractivity contribution < 1.29 is 9.90 Å². The van der Waals surface area contributed by atoms with Crippen molar-refractivity contribution >= 4 is 21.8 Å². The normalized spacial score (nSPS) is 14.2. The van der Waals surface area contributed by atoms with Crippen LogP contribution in [0, 0.1) is 11.8 Å². The van der Waals surface area contributed by atoms with Gasteiger partial charge in [-0.3, -0.25) is 4.79 Å². The molecule has 0 radical (unpaired) electrons. The minimum atomic E-state index is -0.483. The molecular formula is C15H22BrNO2. The third-order valence-corrected chi connectivity index (χ3v) is 3.69. The Kier molecular flexibility index (Phi) is 6.52. The molecule has 2 atom stereocenters. The summed E-state index contributed by atoms with van der Waals surface area (Å²) in [4.78, 5) is 11.9. The van der Waals surface area contributed by atoms with Gasteiger partial charge in [-0.15, -0.1) is 0 Å². The third kappa shape index (κ3) is 5.74. The van der Waals surface area contributed by atoms with Gasteiger partial charge in [-0.05, 0) is 30.0 Å². The Hall–Kier alpha value is -0.870. The van der Waals surface area contributed by atoms with Gasteiger partial charge in [0.15, 0.2) is 0 Å². The fourth-order valence-electron chi connectivity index (χ4n) is 1.68. The summed E-state index contributed by atoms with van der Waals surface area (Å²) in [6, 6.07) is 7.97. The molecular weight excluding hydrogens is 306 g/mol. The molecule has 1 aromatic rings. The third-order valence-electron chi connectivity index (χ3n) is 3.16. The molecule has 4 heteroatoms. The van der Waals surface area contributed by atoms with E-state index in [1.807, 2.05) is 45.0 Å². The van der Waals surface area contributed by atoms with Gasteiger partial charge in [0, 0.05) is 16.9 Å². The SMILES string of the molecule is CC(Cc1ccc(Br)cc1)C(=O)NCC(O)C(C)C. The zero-order chi connectivity index (χ0) is 14.4. The van der Waals surface area contributed by atoms with Gasteiger partial charge in [-0.2, -0.15) is 0 Å². The molecule has 0 fully saturated rings. The first-order valence-electron chi connectivity index (χ1n) is 6.60.